The molecule has 1 aliphatic rings. The number of benzene rings is 1. The Labute approximate surface area is 246 Å². The fourth-order valence-electron chi connectivity index (χ4n) is 5.00. The third-order valence-electron chi connectivity index (χ3n) is 7.24. The maximum Gasteiger partial charge on any atom is 0.271 e. The lowest BCUT2D eigenvalue weighted by Crippen LogP contribution is -2.41. The summed E-state index contributed by atoms with van der Waals surface area (Å²) in [5, 5.41) is 22.8. The van der Waals surface area contributed by atoms with Crippen LogP contribution in [0.15, 0.2) is 43.1 Å². The molecule has 1 saturated heterocycles. The molecule has 2 N–H and O–H groups in total. The Hall–Kier alpha value is -4.33. The van der Waals surface area contributed by atoms with Gasteiger partial charge in [-0.25, -0.2) is 14.6 Å². The highest BCUT2D eigenvalue weighted by Gasteiger charge is 2.19. The summed E-state index contributed by atoms with van der Waals surface area (Å²) in [6, 6.07) is 5.62. The number of aryl methyl sites for hydroxylation is 1. The van der Waals surface area contributed by atoms with E-state index in [2.05, 4.69) is 35.8 Å². The van der Waals surface area contributed by atoms with Crippen molar-refractivity contribution >= 4 is 45.1 Å². The van der Waals surface area contributed by atoms with E-state index in [0.29, 0.717) is 47.7 Å². The predicted molar refractivity (Wildman–Crippen MR) is 158 cm³/mol. The number of hydrogen-bond donors (Lipinski definition) is 2. The first-order valence-corrected chi connectivity index (χ1v) is 14.1. The van der Waals surface area contributed by atoms with Crippen molar-refractivity contribution in [3.05, 3.63) is 59.4 Å². The van der Waals surface area contributed by atoms with Gasteiger partial charge in [0.25, 0.3) is 5.91 Å². The molecule has 5 aromatic rings. The minimum absolute atomic E-state index is 0.250. The highest BCUT2D eigenvalue weighted by Crippen LogP contribution is 2.32. The van der Waals surface area contributed by atoms with Crippen molar-refractivity contribution in [2.45, 2.75) is 20.0 Å². The van der Waals surface area contributed by atoms with Crippen LogP contribution in [0.3, 0.4) is 0 Å². The Balaban J connectivity index is 1.28. The van der Waals surface area contributed by atoms with Gasteiger partial charge in [-0.1, -0.05) is 17.7 Å². The number of ether oxygens (including phenoxy) is 2. The van der Waals surface area contributed by atoms with E-state index in [9.17, 15) is 4.79 Å². The van der Waals surface area contributed by atoms with Crippen LogP contribution in [0.25, 0.3) is 27.6 Å². The fourth-order valence-corrected chi connectivity index (χ4v) is 5.28. The van der Waals surface area contributed by atoms with Crippen LogP contribution in [0.5, 0.6) is 5.75 Å². The van der Waals surface area contributed by atoms with Crippen LogP contribution < -0.4 is 15.4 Å². The van der Waals surface area contributed by atoms with Crippen molar-refractivity contribution in [2.24, 2.45) is 0 Å². The van der Waals surface area contributed by atoms with Gasteiger partial charge in [-0.05, 0) is 24.6 Å². The van der Waals surface area contributed by atoms with Gasteiger partial charge in [0.15, 0.2) is 17.3 Å². The molecule has 42 heavy (non-hydrogen) atoms. The van der Waals surface area contributed by atoms with E-state index >= 15 is 0 Å². The number of amides is 1. The van der Waals surface area contributed by atoms with Crippen molar-refractivity contribution in [1.29, 1.82) is 0 Å². The first kappa shape index (κ1) is 27.8. The maximum atomic E-state index is 12.8. The Kier molecular flexibility index (Phi) is 8.13. The molecule has 1 aromatic carbocycles. The molecule has 5 heterocycles. The number of fused-ring (bicyclic) bond motifs is 3. The van der Waals surface area contributed by atoms with Crippen LogP contribution in [0.2, 0.25) is 5.02 Å². The lowest BCUT2D eigenvalue weighted by atomic mass is 10.1. The van der Waals surface area contributed by atoms with Crippen LogP contribution >= 0.6 is 11.6 Å². The molecule has 1 fully saturated rings. The van der Waals surface area contributed by atoms with Crippen molar-refractivity contribution in [3.8, 4) is 11.6 Å². The Morgan fingerprint density at radius 2 is 2.00 bits per heavy atom. The monoisotopic (exact) mass is 590 g/mol. The van der Waals surface area contributed by atoms with Crippen molar-refractivity contribution in [1.82, 2.24) is 44.7 Å². The van der Waals surface area contributed by atoms with Gasteiger partial charge in [0.2, 0.25) is 0 Å². The molecule has 218 valence electrons. The number of rotatable bonds is 10. The normalized spacial score (nSPS) is 14.0. The minimum Gasteiger partial charge on any atom is -0.495 e. The molecule has 1 amide bonds. The molecule has 14 heteroatoms. The first-order valence-electron chi connectivity index (χ1n) is 13.8. The molecule has 1 aliphatic heterocycles. The Morgan fingerprint density at radius 3 is 2.79 bits per heavy atom. The second-order valence-corrected chi connectivity index (χ2v) is 10.2. The second-order valence-electron chi connectivity index (χ2n) is 9.82. The van der Waals surface area contributed by atoms with Crippen LogP contribution in [-0.2, 0) is 17.8 Å². The summed E-state index contributed by atoms with van der Waals surface area (Å²) in [7, 11) is 1.58. The zero-order chi connectivity index (χ0) is 29.1. The van der Waals surface area contributed by atoms with Gasteiger partial charge in [0.05, 0.1) is 36.9 Å². The van der Waals surface area contributed by atoms with Gasteiger partial charge in [0, 0.05) is 62.4 Å². The maximum absolute atomic E-state index is 12.8. The number of hydrogen-bond acceptors (Lipinski definition) is 10. The predicted octanol–water partition coefficient (Wildman–Crippen LogP) is 2.92. The first-order chi connectivity index (χ1) is 20.6. The average molecular weight is 591 g/mol. The number of imidazole rings is 1. The van der Waals surface area contributed by atoms with E-state index in [0.717, 1.165) is 60.2 Å². The number of morpholine rings is 1. The summed E-state index contributed by atoms with van der Waals surface area (Å²) >= 11 is 6.34. The van der Waals surface area contributed by atoms with Crippen LogP contribution in [-0.4, -0.2) is 91.8 Å². The molecule has 0 spiro atoms. The number of anilines is 1. The molecule has 0 unspecified atom stereocenters. The zero-order valence-corrected chi connectivity index (χ0v) is 24.1. The van der Waals surface area contributed by atoms with Gasteiger partial charge in [-0.3, -0.25) is 14.3 Å². The number of methoxy groups -OCH3 is 1. The second kappa shape index (κ2) is 12.3. The third-order valence-corrected chi connectivity index (χ3v) is 7.54. The van der Waals surface area contributed by atoms with E-state index in [1.807, 2.05) is 29.8 Å². The number of halogens is 1. The van der Waals surface area contributed by atoms with E-state index in [4.69, 9.17) is 26.1 Å². The molecular weight excluding hydrogens is 560 g/mol. The topological polar surface area (TPSA) is 137 Å². The summed E-state index contributed by atoms with van der Waals surface area (Å²) in [6.45, 7) is 7.61. The van der Waals surface area contributed by atoms with E-state index in [-0.39, 0.29) is 5.91 Å². The van der Waals surface area contributed by atoms with Gasteiger partial charge in [-0.15, -0.1) is 10.2 Å². The Bertz CT molecular complexity index is 1730. The minimum atomic E-state index is -0.250. The summed E-state index contributed by atoms with van der Waals surface area (Å²) in [5.41, 5.74) is 1.98. The third kappa shape index (κ3) is 5.58. The molecule has 6 rings (SSSR count). The fraction of sp³-hybridized carbons (Fsp3) is 0.357. The summed E-state index contributed by atoms with van der Waals surface area (Å²) < 4.78 is 14.2. The van der Waals surface area contributed by atoms with Crippen molar-refractivity contribution in [3.63, 3.8) is 0 Å². The molecule has 0 aliphatic carbocycles. The smallest absolute Gasteiger partial charge is 0.271 e. The summed E-state index contributed by atoms with van der Waals surface area (Å²) in [4.78, 5) is 24.1. The van der Waals surface area contributed by atoms with Crippen molar-refractivity contribution in [2.75, 3.05) is 51.8 Å². The standard InChI is InChI=1S/C28H31ClN10O3/c1-3-39-26-20(15-34-39)24-19(14-32-26)27(36-35-25(24)31-13-18-4-5-23(41-2)21(29)12-18)38-16-22(33-17-38)28(40)30-6-7-37-8-10-42-11-9-37/h4-5,12,14-17H,3,6-11,13H2,1-2H3,(H,30,40)(H,31,35). The average Bonchev–Trinajstić information content (AvgIpc) is 3.68. The quantitative estimate of drug-likeness (QED) is 0.250. The van der Waals surface area contributed by atoms with Gasteiger partial charge < -0.3 is 20.1 Å². The molecule has 0 saturated carbocycles. The lowest BCUT2D eigenvalue weighted by Gasteiger charge is -2.26. The number of nitrogens with one attached hydrogen (secondary N) is 2. The van der Waals surface area contributed by atoms with Crippen molar-refractivity contribution < 1.29 is 14.3 Å². The molecule has 0 radical (unpaired) electrons. The number of carbonyl (C=O) groups excluding carboxylic acids is 1. The zero-order valence-electron chi connectivity index (χ0n) is 23.4. The lowest BCUT2D eigenvalue weighted by molar-refractivity contribution is 0.0383. The molecule has 0 atom stereocenters. The highest BCUT2D eigenvalue weighted by atomic mass is 35.5. The van der Waals surface area contributed by atoms with E-state index in [1.54, 1.807) is 36.6 Å². The highest BCUT2D eigenvalue weighted by molar-refractivity contribution is 6.32. The van der Waals surface area contributed by atoms with E-state index < -0.39 is 0 Å². The summed E-state index contributed by atoms with van der Waals surface area (Å²) in [6.07, 6.45) is 6.76. The van der Waals surface area contributed by atoms with Crippen LogP contribution in [0.1, 0.15) is 23.0 Å². The number of pyridine rings is 1. The van der Waals surface area contributed by atoms with E-state index in [1.165, 1.54) is 0 Å². The molecule has 0 bridgehead atoms. The number of aromatic nitrogens is 7. The SMILES string of the molecule is CCn1ncc2c3c(NCc4ccc(OC)c(Cl)c4)nnc(-n4cnc(C(=O)NCCN5CCOCC5)c4)c3cnc21. The molecule has 4 aromatic heterocycles. The van der Waals surface area contributed by atoms with Crippen LogP contribution in [0, 0.1) is 0 Å². The molecular formula is C28H31ClN10O3. The number of carbonyl (C=O) groups is 1. The molecule has 13 nitrogen and oxygen atoms in total. The largest absolute Gasteiger partial charge is 0.495 e. The summed E-state index contributed by atoms with van der Waals surface area (Å²) in [5.74, 6) is 1.44. The number of nitrogens with zero attached hydrogens (tertiary/aromatic N) is 8. The van der Waals surface area contributed by atoms with Gasteiger partial charge in [0.1, 0.15) is 17.8 Å². The van der Waals surface area contributed by atoms with Crippen LogP contribution in [0.4, 0.5) is 5.82 Å². The Morgan fingerprint density at radius 1 is 1.14 bits per heavy atom. The van der Waals surface area contributed by atoms with Gasteiger partial charge in [-0.2, -0.15) is 5.10 Å². The van der Waals surface area contributed by atoms with Gasteiger partial charge >= 0.3 is 0 Å².